The van der Waals surface area contributed by atoms with Crippen LogP contribution >= 0.6 is 0 Å². The van der Waals surface area contributed by atoms with Crippen molar-refractivity contribution in [2.45, 2.75) is 58.5 Å². The van der Waals surface area contributed by atoms with Crippen LogP contribution in [0.25, 0.3) is 0 Å². The SMILES string of the molecule is Cc1ccc(C(CN)N2CCCCCC2C)c(C)c1. The first-order chi connectivity index (χ1) is 9.13. The van der Waals surface area contributed by atoms with Crippen molar-refractivity contribution < 1.29 is 0 Å². The normalized spacial score (nSPS) is 23.1. The third kappa shape index (κ3) is 3.37. The van der Waals surface area contributed by atoms with E-state index >= 15 is 0 Å². The molecule has 1 aromatic carbocycles. The van der Waals surface area contributed by atoms with E-state index in [-0.39, 0.29) is 0 Å². The average Bonchev–Trinajstić information content (AvgIpc) is 2.58. The van der Waals surface area contributed by atoms with Gasteiger partial charge in [-0.15, -0.1) is 0 Å². The molecule has 106 valence electrons. The summed E-state index contributed by atoms with van der Waals surface area (Å²) < 4.78 is 0. The Kier molecular flexibility index (Phi) is 5.00. The number of nitrogens with two attached hydrogens (primary N) is 1. The van der Waals surface area contributed by atoms with Crippen LogP contribution < -0.4 is 5.73 Å². The standard InChI is InChI=1S/C17H28N2/c1-13-8-9-16(14(2)11-13)17(12-18)19-10-6-4-5-7-15(19)3/h8-9,11,15,17H,4-7,10,12,18H2,1-3H3. The molecule has 0 spiro atoms. The molecule has 1 aromatic rings. The van der Waals surface area contributed by atoms with Crippen LogP contribution in [0.1, 0.15) is 55.3 Å². The highest BCUT2D eigenvalue weighted by molar-refractivity contribution is 5.33. The van der Waals surface area contributed by atoms with Gasteiger partial charge in [0.1, 0.15) is 0 Å². The predicted octanol–water partition coefficient (Wildman–Crippen LogP) is 3.57. The molecule has 1 fully saturated rings. The number of hydrogen-bond acceptors (Lipinski definition) is 2. The van der Waals surface area contributed by atoms with E-state index in [0.29, 0.717) is 18.6 Å². The second kappa shape index (κ2) is 6.53. The van der Waals surface area contributed by atoms with E-state index in [1.807, 2.05) is 0 Å². The number of likely N-dealkylation sites (tertiary alicyclic amines) is 1. The molecule has 2 atom stereocenters. The Morgan fingerprint density at radius 2 is 2.05 bits per heavy atom. The Labute approximate surface area is 118 Å². The van der Waals surface area contributed by atoms with Crippen molar-refractivity contribution in [3.63, 3.8) is 0 Å². The van der Waals surface area contributed by atoms with Gasteiger partial charge in [0.25, 0.3) is 0 Å². The molecule has 1 saturated heterocycles. The molecular formula is C17H28N2. The van der Waals surface area contributed by atoms with Crippen LogP contribution in [0.2, 0.25) is 0 Å². The third-order valence-electron chi connectivity index (χ3n) is 4.51. The van der Waals surface area contributed by atoms with E-state index in [1.54, 1.807) is 0 Å². The zero-order chi connectivity index (χ0) is 13.8. The molecule has 0 radical (unpaired) electrons. The summed E-state index contributed by atoms with van der Waals surface area (Å²) in [6, 6.07) is 7.80. The fourth-order valence-corrected chi connectivity index (χ4v) is 3.40. The number of aryl methyl sites for hydroxylation is 2. The third-order valence-corrected chi connectivity index (χ3v) is 4.51. The van der Waals surface area contributed by atoms with Gasteiger partial charge >= 0.3 is 0 Å². The Morgan fingerprint density at radius 3 is 2.74 bits per heavy atom. The van der Waals surface area contributed by atoms with Crippen molar-refractivity contribution in [1.29, 1.82) is 0 Å². The van der Waals surface area contributed by atoms with Gasteiger partial charge in [-0.05, 0) is 51.3 Å². The summed E-state index contributed by atoms with van der Waals surface area (Å²) in [5, 5.41) is 0. The zero-order valence-electron chi connectivity index (χ0n) is 12.7. The molecule has 1 heterocycles. The lowest BCUT2D eigenvalue weighted by molar-refractivity contribution is 0.150. The first kappa shape index (κ1) is 14.5. The first-order valence-corrected chi connectivity index (χ1v) is 7.66. The molecule has 0 saturated carbocycles. The lowest BCUT2D eigenvalue weighted by atomic mass is 9.96. The Morgan fingerprint density at radius 1 is 1.26 bits per heavy atom. The van der Waals surface area contributed by atoms with Crippen molar-refractivity contribution in [3.8, 4) is 0 Å². The molecule has 0 aliphatic carbocycles. The lowest BCUT2D eigenvalue weighted by Crippen LogP contribution is -2.40. The molecule has 2 N–H and O–H groups in total. The van der Waals surface area contributed by atoms with Crippen LogP contribution in [0.5, 0.6) is 0 Å². The number of benzene rings is 1. The maximum Gasteiger partial charge on any atom is 0.0475 e. The van der Waals surface area contributed by atoms with Crippen LogP contribution in [0.15, 0.2) is 18.2 Å². The quantitative estimate of drug-likeness (QED) is 0.900. The van der Waals surface area contributed by atoms with Crippen LogP contribution in [0.4, 0.5) is 0 Å². The highest BCUT2D eigenvalue weighted by Crippen LogP contribution is 2.29. The highest BCUT2D eigenvalue weighted by atomic mass is 15.2. The maximum absolute atomic E-state index is 6.11. The number of nitrogens with zero attached hydrogens (tertiary/aromatic N) is 1. The van der Waals surface area contributed by atoms with Crippen molar-refractivity contribution in [1.82, 2.24) is 4.90 Å². The van der Waals surface area contributed by atoms with Crippen molar-refractivity contribution in [2.24, 2.45) is 5.73 Å². The van der Waals surface area contributed by atoms with Crippen molar-refractivity contribution in [3.05, 3.63) is 34.9 Å². The molecule has 2 rings (SSSR count). The molecule has 0 bridgehead atoms. The minimum Gasteiger partial charge on any atom is -0.329 e. The van der Waals surface area contributed by atoms with Crippen LogP contribution in [0.3, 0.4) is 0 Å². The first-order valence-electron chi connectivity index (χ1n) is 7.66. The smallest absolute Gasteiger partial charge is 0.0475 e. The van der Waals surface area contributed by atoms with Gasteiger partial charge in [0.2, 0.25) is 0 Å². The van der Waals surface area contributed by atoms with Gasteiger partial charge in [0.15, 0.2) is 0 Å². The summed E-state index contributed by atoms with van der Waals surface area (Å²) in [5.41, 5.74) is 10.2. The summed E-state index contributed by atoms with van der Waals surface area (Å²) in [6.45, 7) is 8.64. The fourth-order valence-electron chi connectivity index (χ4n) is 3.40. The maximum atomic E-state index is 6.11. The van der Waals surface area contributed by atoms with Crippen LogP contribution in [0, 0.1) is 13.8 Å². The summed E-state index contributed by atoms with van der Waals surface area (Å²) in [5.74, 6) is 0. The largest absolute Gasteiger partial charge is 0.329 e. The molecule has 0 aromatic heterocycles. The molecular weight excluding hydrogens is 232 g/mol. The van der Waals surface area contributed by atoms with Crippen molar-refractivity contribution >= 4 is 0 Å². The van der Waals surface area contributed by atoms with Crippen LogP contribution in [-0.4, -0.2) is 24.0 Å². The fraction of sp³-hybridized carbons (Fsp3) is 0.647. The highest BCUT2D eigenvalue weighted by Gasteiger charge is 2.26. The van der Waals surface area contributed by atoms with E-state index in [9.17, 15) is 0 Å². The minimum atomic E-state index is 0.383. The van der Waals surface area contributed by atoms with Gasteiger partial charge in [0.05, 0.1) is 0 Å². The van der Waals surface area contributed by atoms with Gasteiger partial charge in [0, 0.05) is 18.6 Å². The molecule has 19 heavy (non-hydrogen) atoms. The van der Waals surface area contributed by atoms with Gasteiger partial charge in [-0.2, -0.15) is 0 Å². The Bertz CT molecular complexity index is 414. The van der Waals surface area contributed by atoms with Crippen LogP contribution in [-0.2, 0) is 0 Å². The van der Waals surface area contributed by atoms with E-state index < -0.39 is 0 Å². The second-order valence-electron chi connectivity index (χ2n) is 6.05. The van der Waals surface area contributed by atoms with E-state index in [4.69, 9.17) is 5.73 Å². The Hall–Kier alpha value is -0.860. The molecule has 1 aliphatic heterocycles. The number of rotatable bonds is 3. The number of hydrogen-bond donors (Lipinski definition) is 1. The zero-order valence-corrected chi connectivity index (χ0v) is 12.7. The molecule has 1 aliphatic rings. The van der Waals surface area contributed by atoms with Crippen molar-refractivity contribution in [2.75, 3.05) is 13.1 Å². The minimum absolute atomic E-state index is 0.383. The van der Waals surface area contributed by atoms with Gasteiger partial charge in [-0.25, -0.2) is 0 Å². The summed E-state index contributed by atoms with van der Waals surface area (Å²) in [6.07, 6.45) is 5.35. The molecule has 2 unspecified atom stereocenters. The Balaban J connectivity index is 2.27. The monoisotopic (exact) mass is 260 g/mol. The molecule has 2 nitrogen and oxygen atoms in total. The molecule has 0 amide bonds. The van der Waals surface area contributed by atoms with E-state index in [0.717, 1.165) is 0 Å². The summed E-state index contributed by atoms with van der Waals surface area (Å²) in [4.78, 5) is 2.63. The molecule has 2 heteroatoms. The summed E-state index contributed by atoms with van der Waals surface area (Å²) in [7, 11) is 0. The van der Waals surface area contributed by atoms with Gasteiger partial charge < -0.3 is 5.73 Å². The topological polar surface area (TPSA) is 29.3 Å². The van der Waals surface area contributed by atoms with Gasteiger partial charge in [-0.3, -0.25) is 4.90 Å². The second-order valence-corrected chi connectivity index (χ2v) is 6.05. The van der Waals surface area contributed by atoms with E-state index in [1.165, 1.54) is 48.9 Å². The lowest BCUT2D eigenvalue weighted by Gasteiger charge is -2.35. The summed E-state index contributed by atoms with van der Waals surface area (Å²) >= 11 is 0. The predicted molar refractivity (Wildman–Crippen MR) is 82.3 cm³/mol. The van der Waals surface area contributed by atoms with E-state index in [2.05, 4.69) is 43.9 Å². The van der Waals surface area contributed by atoms with Gasteiger partial charge in [-0.1, -0.05) is 36.6 Å². The average molecular weight is 260 g/mol.